The van der Waals surface area contributed by atoms with Gasteiger partial charge in [-0.2, -0.15) is 5.26 Å². The fourth-order valence-electron chi connectivity index (χ4n) is 2.31. The summed E-state index contributed by atoms with van der Waals surface area (Å²) in [5.41, 5.74) is 0.525. The van der Waals surface area contributed by atoms with Crippen LogP contribution in [-0.4, -0.2) is 27.4 Å². The smallest absolute Gasteiger partial charge is 0.271 e. The molecule has 1 N–H and O–H groups in total. The van der Waals surface area contributed by atoms with Crippen LogP contribution in [0.25, 0.3) is 0 Å². The fourth-order valence-corrected chi connectivity index (χ4v) is 2.31. The zero-order valence-corrected chi connectivity index (χ0v) is 15.4. The molecule has 0 aliphatic rings. The van der Waals surface area contributed by atoms with Crippen molar-refractivity contribution in [2.45, 2.75) is 46.1 Å². The van der Waals surface area contributed by atoms with Gasteiger partial charge in [-0.15, -0.1) is 0 Å². The third-order valence-corrected chi connectivity index (χ3v) is 3.58. The van der Waals surface area contributed by atoms with E-state index in [1.165, 1.54) is 12.3 Å². The molecule has 0 radical (unpaired) electrons. The summed E-state index contributed by atoms with van der Waals surface area (Å²) in [5.74, 6) is -0.0665. The Labute approximate surface area is 152 Å². The molecule has 0 spiro atoms. The molecule has 0 aliphatic carbocycles. The summed E-state index contributed by atoms with van der Waals surface area (Å²) in [6.45, 7) is 7.31. The van der Waals surface area contributed by atoms with Gasteiger partial charge >= 0.3 is 0 Å². The second kappa shape index (κ2) is 7.91. The van der Waals surface area contributed by atoms with Crippen molar-refractivity contribution in [2.75, 3.05) is 0 Å². The van der Waals surface area contributed by atoms with Crippen LogP contribution in [0.1, 0.15) is 60.0 Å². The van der Waals surface area contributed by atoms with Crippen molar-refractivity contribution < 1.29 is 14.1 Å². The molecule has 0 saturated heterocycles. The van der Waals surface area contributed by atoms with E-state index in [0.717, 1.165) is 12.1 Å². The van der Waals surface area contributed by atoms with Crippen molar-refractivity contribution in [1.82, 2.24) is 15.5 Å². The number of nitrogens with zero attached hydrogens (tertiary/aromatic N) is 3. The van der Waals surface area contributed by atoms with Crippen LogP contribution < -0.4 is 5.32 Å². The van der Waals surface area contributed by atoms with Gasteiger partial charge in [0.2, 0.25) is 11.5 Å². The Morgan fingerprint density at radius 1 is 1.35 bits per heavy atom. The normalized spacial score (nSPS) is 11.2. The number of rotatable bonds is 7. The minimum atomic E-state index is -1.00. The number of carbonyl (C=O) groups is 2. The maximum atomic E-state index is 12.4. The molecule has 0 aliphatic heterocycles. The molecular weight excluding hydrogens is 332 g/mol. The van der Waals surface area contributed by atoms with Crippen LogP contribution in [-0.2, 0) is 12.8 Å². The second-order valence-corrected chi connectivity index (χ2v) is 7.12. The van der Waals surface area contributed by atoms with Gasteiger partial charge in [-0.1, -0.05) is 19.0 Å². The van der Waals surface area contributed by atoms with Crippen LogP contribution in [0.2, 0.25) is 0 Å². The number of nitriles is 1. The molecule has 2 aromatic rings. The van der Waals surface area contributed by atoms with E-state index in [9.17, 15) is 9.59 Å². The summed E-state index contributed by atoms with van der Waals surface area (Å²) in [5, 5.41) is 15.5. The Morgan fingerprint density at radius 3 is 2.73 bits per heavy atom. The van der Waals surface area contributed by atoms with E-state index < -0.39 is 11.4 Å². The molecule has 0 aromatic carbocycles. The highest BCUT2D eigenvalue weighted by molar-refractivity contribution is 5.96. The Kier molecular flexibility index (Phi) is 5.88. The van der Waals surface area contributed by atoms with Gasteiger partial charge in [0.05, 0.1) is 11.8 Å². The molecule has 0 saturated carbocycles. The van der Waals surface area contributed by atoms with Gasteiger partial charge < -0.3 is 9.84 Å². The molecule has 0 bridgehead atoms. The van der Waals surface area contributed by atoms with Gasteiger partial charge in [-0.05, 0) is 43.9 Å². The number of aromatic nitrogens is 2. The number of Topliss-reactive ketones (excluding diaryl/α,β-unsaturated/α-hetero) is 1. The molecule has 2 aromatic heterocycles. The van der Waals surface area contributed by atoms with Crippen LogP contribution in [0, 0.1) is 17.2 Å². The molecule has 0 unspecified atom stereocenters. The third kappa shape index (κ3) is 5.24. The molecule has 7 nitrogen and oxygen atoms in total. The lowest BCUT2D eigenvalue weighted by Gasteiger charge is -2.17. The van der Waals surface area contributed by atoms with Crippen LogP contribution >= 0.6 is 0 Å². The highest BCUT2D eigenvalue weighted by atomic mass is 16.5. The summed E-state index contributed by atoms with van der Waals surface area (Å²) in [6.07, 6.45) is 2.27. The third-order valence-electron chi connectivity index (χ3n) is 3.58. The highest BCUT2D eigenvalue weighted by Crippen LogP contribution is 2.13. The number of pyridine rings is 1. The minimum Gasteiger partial charge on any atom is -0.353 e. The molecule has 0 fully saturated rings. The SMILES string of the molecule is CC(C)Cc1cc(C(=O)Cc2ccnc(C(=O)NC(C)(C)C#N)c2)on1. The lowest BCUT2D eigenvalue weighted by Crippen LogP contribution is -2.42. The van der Waals surface area contributed by atoms with Crippen molar-refractivity contribution >= 4 is 11.7 Å². The predicted octanol–water partition coefficient (Wildman–Crippen LogP) is 2.73. The molecular formula is C19H22N4O3. The number of ketones is 1. The standard InChI is InChI=1S/C19H22N4O3/c1-12(2)7-14-10-17(26-23-14)16(24)9-13-5-6-21-15(8-13)18(25)22-19(3,4)11-20/h5-6,8,10,12H,7,9H2,1-4H3,(H,22,25). The average Bonchev–Trinajstić information content (AvgIpc) is 3.02. The van der Waals surface area contributed by atoms with Crippen LogP contribution in [0.3, 0.4) is 0 Å². The second-order valence-electron chi connectivity index (χ2n) is 7.12. The zero-order chi connectivity index (χ0) is 19.3. The monoisotopic (exact) mass is 354 g/mol. The number of hydrogen-bond acceptors (Lipinski definition) is 6. The maximum absolute atomic E-state index is 12.4. The molecule has 2 heterocycles. The minimum absolute atomic E-state index is 0.0702. The first-order valence-electron chi connectivity index (χ1n) is 8.37. The van der Waals surface area contributed by atoms with E-state index in [-0.39, 0.29) is 23.7 Å². The van der Waals surface area contributed by atoms with Crippen LogP contribution in [0.5, 0.6) is 0 Å². The van der Waals surface area contributed by atoms with Crippen molar-refractivity contribution in [1.29, 1.82) is 5.26 Å². The average molecular weight is 354 g/mol. The summed E-state index contributed by atoms with van der Waals surface area (Å²) in [4.78, 5) is 28.6. The van der Waals surface area contributed by atoms with Gasteiger partial charge in [0.25, 0.3) is 5.91 Å². The predicted molar refractivity (Wildman–Crippen MR) is 94.5 cm³/mol. The van der Waals surface area contributed by atoms with Crippen LogP contribution in [0.15, 0.2) is 28.9 Å². The zero-order valence-electron chi connectivity index (χ0n) is 15.4. The number of hydrogen-bond donors (Lipinski definition) is 1. The van der Waals surface area contributed by atoms with E-state index in [2.05, 4.69) is 29.3 Å². The van der Waals surface area contributed by atoms with E-state index >= 15 is 0 Å². The highest BCUT2D eigenvalue weighted by Gasteiger charge is 2.21. The van der Waals surface area contributed by atoms with Gasteiger partial charge in [0.15, 0.2) is 0 Å². The molecule has 2 rings (SSSR count). The lowest BCUT2D eigenvalue weighted by atomic mass is 10.0. The van der Waals surface area contributed by atoms with Gasteiger partial charge in [0.1, 0.15) is 11.2 Å². The summed E-state index contributed by atoms with van der Waals surface area (Å²) in [7, 11) is 0. The molecule has 0 atom stereocenters. The van der Waals surface area contributed by atoms with Crippen molar-refractivity contribution in [2.24, 2.45) is 5.92 Å². The lowest BCUT2D eigenvalue weighted by molar-refractivity contribution is 0.0920. The molecule has 26 heavy (non-hydrogen) atoms. The van der Waals surface area contributed by atoms with Crippen molar-refractivity contribution in [3.05, 3.63) is 47.1 Å². The Morgan fingerprint density at radius 2 is 2.08 bits per heavy atom. The van der Waals surface area contributed by atoms with Crippen LogP contribution in [0.4, 0.5) is 0 Å². The molecule has 7 heteroatoms. The topological polar surface area (TPSA) is 109 Å². The van der Waals surface area contributed by atoms with Crippen molar-refractivity contribution in [3.8, 4) is 6.07 Å². The van der Waals surface area contributed by atoms with E-state index in [0.29, 0.717) is 11.5 Å². The first-order chi connectivity index (χ1) is 12.2. The first kappa shape index (κ1) is 19.3. The van der Waals surface area contributed by atoms with Crippen molar-refractivity contribution in [3.63, 3.8) is 0 Å². The van der Waals surface area contributed by atoms with Gasteiger partial charge in [-0.25, -0.2) is 0 Å². The summed E-state index contributed by atoms with van der Waals surface area (Å²) in [6, 6.07) is 6.85. The molecule has 136 valence electrons. The fraction of sp³-hybridized carbons (Fsp3) is 0.421. The number of amides is 1. The van der Waals surface area contributed by atoms with E-state index in [4.69, 9.17) is 9.78 Å². The Bertz CT molecular complexity index is 846. The van der Waals surface area contributed by atoms with E-state index in [1.807, 2.05) is 6.07 Å². The Balaban J connectivity index is 2.08. The summed E-state index contributed by atoms with van der Waals surface area (Å²) >= 11 is 0. The maximum Gasteiger partial charge on any atom is 0.271 e. The Hall–Kier alpha value is -3.01. The molecule has 1 amide bonds. The van der Waals surface area contributed by atoms with Gasteiger partial charge in [0, 0.05) is 18.7 Å². The number of nitrogens with one attached hydrogen (secondary N) is 1. The van der Waals surface area contributed by atoms with Gasteiger partial charge in [-0.3, -0.25) is 14.6 Å². The quantitative estimate of drug-likeness (QED) is 0.766. The van der Waals surface area contributed by atoms with E-state index in [1.54, 1.807) is 26.0 Å². The first-order valence-corrected chi connectivity index (χ1v) is 8.37. The number of carbonyl (C=O) groups excluding carboxylic acids is 2. The summed E-state index contributed by atoms with van der Waals surface area (Å²) < 4.78 is 5.13. The largest absolute Gasteiger partial charge is 0.353 e.